The highest BCUT2D eigenvalue weighted by Crippen LogP contribution is 2.27. The molecule has 0 aliphatic carbocycles. The van der Waals surface area contributed by atoms with Crippen LogP contribution >= 0.6 is 0 Å². The molecule has 22 heavy (non-hydrogen) atoms. The number of pyridine rings is 1. The number of anilines is 1. The van der Waals surface area contributed by atoms with Crippen molar-refractivity contribution in [2.24, 2.45) is 0 Å². The summed E-state index contributed by atoms with van der Waals surface area (Å²) in [7, 11) is 0. The number of rotatable bonds is 3. The summed E-state index contributed by atoms with van der Waals surface area (Å²) in [6.45, 7) is 9.77. The van der Waals surface area contributed by atoms with Crippen LogP contribution in [0.25, 0.3) is 10.8 Å². The molecule has 1 N–H and O–H groups in total. The van der Waals surface area contributed by atoms with Gasteiger partial charge in [-0.15, -0.1) is 0 Å². The molecule has 0 spiro atoms. The minimum absolute atomic E-state index is 0.271. The van der Waals surface area contributed by atoms with Gasteiger partial charge in [-0.2, -0.15) is 0 Å². The molecule has 1 aromatic heterocycles. The first-order chi connectivity index (χ1) is 10.5. The number of piperazine rings is 1. The fourth-order valence-corrected chi connectivity index (χ4v) is 3.35. The fraction of sp³-hybridized carbons (Fsp3) is 0.500. The Bertz CT molecular complexity index is 656. The van der Waals surface area contributed by atoms with Gasteiger partial charge in [-0.25, -0.2) is 4.98 Å². The summed E-state index contributed by atoms with van der Waals surface area (Å²) in [5, 5.41) is 12.1. The van der Waals surface area contributed by atoms with Crippen LogP contribution in [-0.4, -0.2) is 53.3 Å². The number of nitrogens with zero attached hydrogens (tertiary/aromatic N) is 3. The smallest absolute Gasteiger partial charge is 0.136 e. The van der Waals surface area contributed by atoms with Crippen molar-refractivity contribution >= 4 is 16.6 Å². The predicted molar refractivity (Wildman–Crippen MR) is 91.4 cm³/mol. The maximum Gasteiger partial charge on any atom is 0.136 e. The zero-order chi connectivity index (χ0) is 15.7. The molecule has 3 rings (SSSR count). The van der Waals surface area contributed by atoms with Gasteiger partial charge in [0.25, 0.3) is 0 Å². The molecule has 4 heteroatoms. The molecular formula is C18H25N3O. The normalized spacial score (nSPS) is 21.3. The summed E-state index contributed by atoms with van der Waals surface area (Å²) in [6, 6.07) is 11.0. The molecule has 0 saturated carbocycles. The first-order valence-corrected chi connectivity index (χ1v) is 8.08. The summed E-state index contributed by atoms with van der Waals surface area (Å²) in [5.74, 6) is 1.10. The van der Waals surface area contributed by atoms with Gasteiger partial charge in [0.1, 0.15) is 5.82 Å². The Kier molecular flexibility index (Phi) is 4.32. The molecule has 0 radical (unpaired) electrons. The van der Waals surface area contributed by atoms with E-state index in [-0.39, 0.29) is 6.10 Å². The molecule has 0 bridgehead atoms. The molecule has 1 fully saturated rings. The van der Waals surface area contributed by atoms with Crippen molar-refractivity contribution in [2.45, 2.75) is 32.9 Å². The highest BCUT2D eigenvalue weighted by Gasteiger charge is 2.26. The Morgan fingerprint density at radius 2 is 2.09 bits per heavy atom. The summed E-state index contributed by atoms with van der Waals surface area (Å²) >= 11 is 0. The standard InChI is InChI=1S/C18H25N3O/c1-13-10-16-6-4-5-7-17(16)18(19-13)21-9-8-20(12-15(3)22)14(2)11-21/h4-7,10,14-15,22H,8-9,11-12H2,1-3H3/t14-,15+/m0/s1. The first-order valence-electron chi connectivity index (χ1n) is 8.08. The number of aryl methyl sites for hydroxylation is 1. The molecule has 1 aliphatic rings. The van der Waals surface area contributed by atoms with Crippen LogP contribution in [0.2, 0.25) is 0 Å². The maximum absolute atomic E-state index is 9.62. The summed E-state index contributed by atoms with van der Waals surface area (Å²) < 4.78 is 0. The van der Waals surface area contributed by atoms with Gasteiger partial charge in [0.05, 0.1) is 6.10 Å². The summed E-state index contributed by atoms with van der Waals surface area (Å²) in [4.78, 5) is 9.55. The van der Waals surface area contributed by atoms with Crippen LogP contribution in [0.4, 0.5) is 5.82 Å². The third-order valence-corrected chi connectivity index (χ3v) is 4.41. The van der Waals surface area contributed by atoms with Gasteiger partial charge >= 0.3 is 0 Å². The molecule has 2 atom stereocenters. The molecule has 118 valence electrons. The van der Waals surface area contributed by atoms with E-state index in [4.69, 9.17) is 4.98 Å². The SMILES string of the molecule is Cc1cc2ccccc2c(N2CCN(C[C@@H](C)O)[C@@H](C)C2)n1. The van der Waals surface area contributed by atoms with Crippen molar-refractivity contribution in [3.05, 3.63) is 36.0 Å². The van der Waals surface area contributed by atoms with Gasteiger partial charge in [0.2, 0.25) is 0 Å². The second kappa shape index (κ2) is 6.23. The van der Waals surface area contributed by atoms with Crippen molar-refractivity contribution in [1.82, 2.24) is 9.88 Å². The number of aliphatic hydroxyl groups excluding tert-OH is 1. The molecule has 0 amide bonds. The second-order valence-corrected chi connectivity index (χ2v) is 6.45. The lowest BCUT2D eigenvalue weighted by atomic mass is 10.1. The van der Waals surface area contributed by atoms with E-state index in [1.54, 1.807) is 0 Å². The van der Waals surface area contributed by atoms with Crippen molar-refractivity contribution in [1.29, 1.82) is 0 Å². The van der Waals surface area contributed by atoms with E-state index in [2.05, 4.69) is 54.0 Å². The van der Waals surface area contributed by atoms with Gasteiger partial charge in [0, 0.05) is 43.3 Å². The second-order valence-electron chi connectivity index (χ2n) is 6.45. The van der Waals surface area contributed by atoms with Crippen LogP contribution in [-0.2, 0) is 0 Å². The average molecular weight is 299 g/mol. The highest BCUT2D eigenvalue weighted by molar-refractivity contribution is 5.92. The molecule has 2 aromatic rings. The van der Waals surface area contributed by atoms with E-state index in [1.165, 1.54) is 10.8 Å². The summed E-state index contributed by atoms with van der Waals surface area (Å²) in [6.07, 6.45) is -0.271. The number of hydrogen-bond donors (Lipinski definition) is 1. The van der Waals surface area contributed by atoms with Crippen molar-refractivity contribution in [2.75, 3.05) is 31.1 Å². The highest BCUT2D eigenvalue weighted by atomic mass is 16.3. The Balaban J connectivity index is 1.87. The number of aromatic nitrogens is 1. The number of aliphatic hydroxyl groups is 1. The zero-order valence-electron chi connectivity index (χ0n) is 13.7. The Labute approximate surface area is 132 Å². The molecule has 1 saturated heterocycles. The van der Waals surface area contributed by atoms with Crippen LogP contribution in [0.3, 0.4) is 0 Å². The minimum Gasteiger partial charge on any atom is -0.392 e. The van der Waals surface area contributed by atoms with Crippen LogP contribution in [0.5, 0.6) is 0 Å². The van der Waals surface area contributed by atoms with Gasteiger partial charge in [0.15, 0.2) is 0 Å². The molecular weight excluding hydrogens is 274 g/mol. The van der Waals surface area contributed by atoms with Crippen molar-refractivity contribution < 1.29 is 5.11 Å². The van der Waals surface area contributed by atoms with E-state index >= 15 is 0 Å². The monoisotopic (exact) mass is 299 g/mol. The van der Waals surface area contributed by atoms with Crippen LogP contribution in [0.1, 0.15) is 19.5 Å². The predicted octanol–water partition coefficient (Wildman–Crippen LogP) is 2.43. The van der Waals surface area contributed by atoms with E-state index < -0.39 is 0 Å². The van der Waals surface area contributed by atoms with Crippen LogP contribution in [0, 0.1) is 6.92 Å². The quantitative estimate of drug-likeness (QED) is 0.945. The first kappa shape index (κ1) is 15.3. The summed E-state index contributed by atoms with van der Waals surface area (Å²) in [5.41, 5.74) is 1.06. The van der Waals surface area contributed by atoms with E-state index in [1.807, 2.05) is 6.92 Å². The van der Waals surface area contributed by atoms with Crippen molar-refractivity contribution in [3.63, 3.8) is 0 Å². The average Bonchev–Trinajstić information content (AvgIpc) is 2.48. The van der Waals surface area contributed by atoms with Crippen molar-refractivity contribution in [3.8, 4) is 0 Å². The van der Waals surface area contributed by atoms with Gasteiger partial charge < -0.3 is 10.0 Å². The Morgan fingerprint density at radius 3 is 2.82 bits per heavy atom. The molecule has 1 aromatic carbocycles. The molecule has 1 aliphatic heterocycles. The maximum atomic E-state index is 9.62. The van der Waals surface area contributed by atoms with E-state index in [9.17, 15) is 5.11 Å². The van der Waals surface area contributed by atoms with Crippen LogP contribution in [0.15, 0.2) is 30.3 Å². The molecule has 2 heterocycles. The minimum atomic E-state index is -0.271. The lowest BCUT2D eigenvalue weighted by Gasteiger charge is -2.41. The topological polar surface area (TPSA) is 39.6 Å². The largest absolute Gasteiger partial charge is 0.392 e. The van der Waals surface area contributed by atoms with E-state index in [0.29, 0.717) is 6.04 Å². The lowest BCUT2D eigenvalue weighted by molar-refractivity contribution is 0.0959. The Morgan fingerprint density at radius 1 is 1.32 bits per heavy atom. The fourth-order valence-electron chi connectivity index (χ4n) is 3.35. The van der Waals surface area contributed by atoms with Gasteiger partial charge in [-0.3, -0.25) is 4.90 Å². The molecule has 4 nitrogen and oxygen atoms in total. The van der Waals surface area contributed by atoms with Gasteiger partial charge in [-0.1, -0.05) is 24.3 Å². The Hall–Kier alpha value is -1.65. The third-order valence-electron chi connectivity index (χ3n) is 4.41. The number of benzene rings is 1. The third kappa shape index (κ3) is 3.08. The van der Waals surface area contributed by atoms with Gasteiger partial charge in [-0.05, 0) is 32.2 Å². The lowest BCUT2D eigenvalue weighted by Crippen LogP contribution is -2.53. The number of fused-ring (bicyclic) bond motifs is 1. The van der Waals surface area contributed by atoms with Crippen LogP contribution < -0.4 is 4.90 Å². The van der Waals surface area contributed by atoms with E-state index in [0.717, 1.165) is 37.7 Å². The zero-order valence-corrected chi connectivity index (χ0v) is 13.7. The molecule has 0 unspecified atom stereocenters. The number of hydrogen-bond acceptors (Lipinski definition) is 4. The number of β-amino-alcohol motifs (C(OH)–C–C–N with tert-alkyl or cyclic N) is 1.